The second kappa shape index (κ2) is 4.67. The molecule has 1 aromatic carbocycles. The molecule has 3 nitrogen and oxygen atoms in total. The van der Waals surface area contributed by atoms with Crippen LogP contribution in [0.3, 0.4) is 0 Å². The number of aromatic nitrogens is 1. The molecular formula is C13H14N2OS. The van der Waals surface area contributed by atoms with Gasteiger partial charge in [0.1, 0.15) is 0 Å². The van der Waals surface area contributed by atoms with Crippen LogP contribution in [0.5, 0.6) is 0 Å². The number of amides is 1. The minimum atomic E-state index is -0.0414. The van der Waals surface area contributed by atoms with Gasteiger partial charge in [-0.2, -0.15) is 0 Å². The molecular weight excluding hydrogens is 232 g/mol. The van der Waals surface area contributed by atoms with Crippen molar-refractivity contribution < 1.29 is 4.79 Å². The Hall–Kier alpha value is -1.68. The number of hydrogen-bond acceptors (Lipinski definition) is 3. The summed E-state index contributed by atoms with van der Waals surface area (Å²) in [6.07, 6.45) is 0. The Kier molecular flexibility index (Phi) is 3.24. The number of thiazole rings is 1. The van der Waals surface area contributed by atoms with Crippen molar-refractivity contribution in [3.8, 4) is 11.3 Å². The van der Waals surface area contributed by atoms with Crippen LogP contribution in [0.4, 0.5) is 0 Å². The van der Waals surface area contributed by atoms with Gasteiger partial charge in [-0.3, -0.25) is 4.79 Å². The summed E-state index contributed by atoms with van der Waals surface area (Å²) in [5.74, 6) is -0.0414. The molecule has 1 heterocycles. The number of nitrogens with zero attached hydrogens (tertiary/aromatic N) is 2. The summed E-state index contributed by atoms with van der Waals surface area (Å²) in [4.78, 5) is 18.9. The highest BCUT2D eigenvalue weighted by Crippen LogP contribution is 2.27. The van der Waals surface area contributed by atoms with Crippen molar-refractivity contribution in [3.63, 3.8) is 0 Å². The van der Waals surface area contributed by atoms with Crippen molar-refractivity contribution in [2.45, 2.75) is 6.92 Å². The summed E-state index contributed by atoms with van der Waals surface area (Å²) in [6.45, 7) is 1.99. The molecule has 0 fully saturated rings. The molecule has 0 aliphatic carbocycles. The molecule has 0 aliphatic rings. The van der Waals surface area contributed by atoms with Gasteiger partial charge in [0.05, 0.1) is 5.69 Å². The molecule has 2 rings (SSSR count). The van der Waals surface area contributed by atoms with E-state index in [0.717, 1.165) is 16.1 Å². The molecule has 0 unspecified atom stereocenters. The van der Waals surface area contributed by atoms with E-state index in [9.17, 15) is 4.79 Å². The summed E-state index contributed by atoms with van der Waals surface area (Å²) < 4.78 is 0. The fraction of sp³-hybridized carbons (Fsp3) is 0.231. The zero-order chi connectivity index (χ0) is 12.4. The molecule has 1 aromatic heterocycles. The smallest absolute Gasteiger partial charge is 0.282 e. The first kappa shape index (κ1) is 11.8. The number of rotatable bonds is 2. The van der Waals surface area contributed by atoms with Crippen molar-refractivity contribution >= 4 is 17.2 Å². The predicted octanol–water partition coefficient (Wildman–Crippen LogP) is 2.82. The quantitative estimate of drug-likeness (QED) is 0.816. The largest absolute Gasteiger partial charge is 0.343 e. The van der Waals surface area contributed by atoms with Crippen LogP contribution >= 0.6 is 11.3 Å². The fourth-order valence-corrected chi connectivity index (χ4v) is 2.50. The highest BCUT2D eigenvalue weighted by molar-refractivity contribution is 7.14. The normalized spacial score (nSPS) is 10.3. The summed E-state index contributed by atoms with van der Waals surface area (Å²) in [5, 5.41) is 0.548. The first-order valence-corrected chi connectivity index (χ1v) is 6.15. The van der Waals surface area contributed by atoms with Gasteiger partial charge in [-0.1, -0.05) is 30.3 Å². The Bertz CT molecular complexity index is 532. The van der Waals surface area contributed by atoms with Gasteiger partial charge in [-0.25, -0.2) is 4.98 Å². The molecule has 0 spiro atoms. The van der Waals surface area contributed by atoms with Crippen molar-refractivity contribution in [1.29, 1.82) is 0 Å². The maximum Gasteiger partial charge on any atom is 0.282 e. The molecule has 0 aliphatic heterocycles. The third kappa shape index (κ3) is 2.36. The number of carbonyl (C=O) groups excluding carboxylic acids is 1. The third-order valence-corrected chi connectivity index (χ3v) is 3.39. The zero-order valence-electron chi connectivity index (χ0n) is 10.1. The van der Waals surface area contributed by atoms with Crippen molar-refractivity contribution in [2.24, 2.45) is 0 Å². The molecule has 0 saturated carbocycles. The Balaban J connectivity index is 2.42. The SMILES string of the molecule is Cc1sc(C(=O)N(C)C)nc1-c1ccccc1. The van der Waals surface area contributed by atoms with Crippen LogP contribution in [0.1, 0.15) is 14.7 Å². The Morgan fingerprint density at radius 2 is 1.88 bits per heavy atom. The van der Waals surface area contributed by atoms with Gasteiger partial charge in [-0.15, -0.1) is 11.3 Å². The predicted molar refractivity (Wildman–Crippen MR) is 70.3 cm³/mol. The summed E-state index contributed by atoms with van der Waals surface area (Å²) >= 11 is 1.44. The van der Waals surface area contributed by atoms with Crippen LogP contribution in [0.2, 0.25) is 0 Å². The molecule has 2 aromatic rings. The van der Waals surface area contributed by atoms with Crippen LogP contribution in [-0.4, -0.2) is 29.9 Å². The molecule has 4 heteroatoms. The van der Waals surface area contributed by atoms with Gasteiger partial charge in [0, 0.05) is 24.5 Å². The molecule has 88 valence electrons. The van der Waals surface area contributed by atoms with E-state index in [1.165, 1.54) is 11.3 Å². The van der Waals surface area contributed by atoms with E-state index in [4.69, 9.17) is 0 Å². The van der Waals surface area contributed by atoms with Gasteiger partial charge in [0.2, 0.25) is 0 Å². The van der Waals surface area contributed by atoms with E-state index in [-0.39, 0.29) is 5.91 Å². The fourth-order valence-electron chi connectivity index (χ4n) is 1.54. The molecule has 0 atom stereocenters. The standard InChI is InChI=1S/C13H14N2OS/c1-9-11(10-7-5-4-6-8-10)14-12(17-9)13(16)15(2)3/h4-8H,1-3H3. The molecule has 0 radical (unpaired) electrons. The van der Waals surface area contributed by atoms with Gasteiger partial charge in [0.15, 0.2) is 5.01 Å². The van der Waals surface area contributed by atoms with Crippen molar-refractivity contribution in [1.82, 2.24) is 9.88 Å². The highest BCUT2D eigenvalue weighted by atomic mass is 32.1. The van der Waals surface area contributed by atoms with Crippen LogP contribution in [-0.2, 0) is 0 Å². The van der Waals surface area contributed by atoms with Crippen LogP contribution in [0.15, 0.2) is 30.3 Å². The van der Waals surface area contributed by atoms with E-state index in [1.54, 1.807) is 19.0 Å². The topological polar surface area (TPSA) is 33.2 Å². The second-order valence-electron chi connectivity index (χ2n) is 3.99. The van der Waals surface area contributed by atoms with Crippen LogP contribution in [0.25, 0.3) is 11.3 Å². The summed E-state index contributed by atoms with van der Waals surface area (Å²) in [7, 11) is 3.47. The first-order chi connectivity index (χ1) is 8.09. The van der Waals surface area contributed by atoms with Gasteiger partial charge < -0.3 is 4.90 Å². The average molecular weight is 246 g/mol. The number of hydrogen-bond donors (Lipinski definition) is 0. The van der Waals surface area contributed by atoms with Gasteiger partial charge in [-0.05, 0) is 6.92 Å². The maximum absolute atomic E-state index is 11.8. The average Bonchev–Trinajstić information content (AvgIpc) is 2.71. The molecule has 0 N–H and O–H groups in total. The lowest BCUT2D eigenvalue weighted by Gasteiger charge is -2.06. The van der Waals surface area contributed by atoms with Crippen LogP contribution in [0, 0.1) is 6.92 Å². The van der Waals surface area contributed by atoms with Gasteiger partial charge in [0.25, 0.3) is 5.91 Å². The van der Waals surface area contributed by atoms with Gasteiger partial charge >= 0.3 is 0 Å². The Morgan fingerprint density at radius 1 is 1.24 bits per heavy atom. The van der Waals surface area contributed by atoms with Crippen molar-refractivity contribution in [2.75, 3.05) is 14.1 Å². The van der Waals surface area contributed by atoms with Crippen LogP contribution < -0.4 is 0 Å². The number of benzene rings is 1. The molecule has 17 heavy (non-hydrogen) atoms. The summed E-state index contributed by atoms with van der Waals surface area (Å²) in [6, 6.07) is 9.93. The molecule has 0 saturated heterocycles. The van der Waals surface area contributed by atoms with E-state index < -0.39 is 0 Å². The van der Waals surface area contributed by atoms with E-state index in [0.29, 0.717) is 5.01 Å². The lowest BCUT2D eigenvalue weighted by Crippen LogP contribution is -2.21. The Morgan fingerprint density at radius 3 is 2.47 bits per heavy atom. The minimum absolute atomic E-state index is 0.0414. The maximum atomic E-state index is 11.8. The molecule has 1 amide bonds. The number of aryl methyl sites for hydroxylation is 1. The second-order valence-corrected chi connectivity index (χ2v) is 5.19. The lowest BCUT2D eigenvalue weighted by atomic mass is 10.1. The first-order valence-electron chi connectivity index (χ1n) is 5.34. The number of carbonyl (C=O) groups is 1. The summed E-state index contributed by atoms with van der Waals surface area (Å²) in [5.41, 5.74) is 1.96. The van der Waals surface area contributed by atoms with E-state index in [2.05, 4.69) is 4.98 Å². The Labute approximate surface area is 105 Å². The third-order valence-electron chi connectivity index (χ3n) is 2.43. The molecule has 0 bridgehead atoms. The van der Waals surface area contributed by atoms with E-state index >= 15 is 0 Å². The monoisotopic (exact) mass is 246 g/mol. The minimum Gasteiger partial charge on any atom is -0.343 e. The lowest BCUT2D eigenvalue weighted by molar-refractivity contribution is 0.0827. The zero-order valence-corrected chi connectivity index (χ0v) is 10.9. The van der Waals surface area contributed by atoms with Crippen molar-refractivity contribution in [3.05, 3.63) is 40.2 Å². The highest BCUT2D eigenvalue weighted by Gasteiger charge is 2.16. The van der Waals surface area contributed by atoms with E-state index in [1.807, 2.05) is 37.3 Å².